The molecule has 0 saturated carbocycles. The summed E-state index contributed by atoms with van der Waals surface area (Å²) in [5.41, 5.74) is 2.17. The van der Waals surface area contributed by atoms with Crippen LogP contribution in [0.3, 0.4) is 0 Å². The highest BCUT2D eigenvalue weighted by Crippen LogP contribution is 2.35. The molecule has 2 amide bonds. The second kappa shape index (κ2) is 8.96. The molecule has 0 bridgehead atoms. The van der Waals surface area contributed by atoms with Crippen LogP contribution in [0.15, 0.2) is 47.1 Å². The average molecular weight is 426 g/mol. The van der Waals surface area contributed by atoms with E-state index in [0.717, 1.165) is 16.9 Å². The zero-order valence-electron chi connectivity index (χ0n) is 17.1. The highest BCUT2D eigenvalue weighted by atomic mass is 32.1. The number of thiophene rings is 1. The van der Waals surface area contributed by atoms with Gasteiger partial charge in [0.2, 0.25) is 0 Å². The Bertz CT molecular complexity index is 1080. The molecule has 0 saturated heterocycles. The van der Waals surface area contributed by atoms with Gasteiger partial charge in [0.1, 0.15) is 5.00 Å². The summed E-state index contributed by atoms with van der Waals surface area (Å²) in [6.45, 7) is 7.00. The standard InChI is InChI=1S/C22H22N2O5S/c1-12(2)29-22(27)17-14(4)18(20(26)23-15-9-6-5-8-13(15)3)30-21(17)24-19(25)16-10-7-11-28-16/h5-12H,1-4H3,(H,23,26)(H,24,25). The fourth-order valence-corrected chi connectivity index (χ4v) is 3.89. The van der Waals surface area contributed by atoms with Crippen LogP contribution in [0.25, 0.3) is 0 Å². The van der Waals surface area contributed by atoms with E-state index in [9.17, 15) is 14.4 Å². The van der Waals surface area contributed by atoms with Crippen LogP contribution in [0.2, 0.25) is 0 Å². The first kappa shape index (κ1) is 21.3. The summed E-state index contributed by atoms with van der Waals surface area (Å²) in [5.74, 6) is -1.41. The first-order valence-corrected chi connectivity index (χ1v) is 10.2. The number of rotatable bonds is 6. The van der Waals surface area contributed by atoms with Gasteiger partial charge in [-0.25, -0.2) is 4.79 Å². The average Bonchev–Trinajstić information content (AvgIpc) is 3.31. The Morgan fingerprint density at radius 1 is 1.00 bits per heavy atom. The largest absolute Gasteiger partial charge is 0.459 e. The monoisotopic (exact) mass is 426 g/mol. The zero-order valence-corrected chi connectivity index (χ0v) is 17.9. The van der Waals surface area contributed by atoms with Crippen molar-refractivity contribution in [1.82, 2.24) is 0 Å². The maximum absolute atomic E-state index is 12.9. The Morgan fingerprint density at radius 2 is 1.73 bits per heavy atom. The van der Waals surface area contributed by atoms with E-state index in [1.54, 1.807) is 32.9 Å². The number of furan rings is 1. The van der Waals surface area contributed by atoms with Crippen molar-refractivity contribution in [3.8, 4) is 0 Å². The van der Waals surface area contributed by atoms with Crippen LogP contribution in [-0.4, -0.2) is 23.9 Å². The van der Waals surface area contributed by atoms with Crippen LogP contribution < -0.4 is 10.6 Å². The fourth-order valence-electron chi connectivity index (χ4n) is 2.80. The number of hydrogen-bond donors (Lipinski definition) is 2. The number of ether oxygens (including phenoxy) is 1. The molecule has 0 fully saturated rings. The van der Waals surface area contributed by atoms with Gasteiger partial charge in [0.15, 0.2) is 5.76 Å². The van der Waals surface area contributed by atoms with Crippen molar-refractivity contribution in [2.75, 3.05) is 10.6 Å². The topological polar surface area (TPSA) is 97.6 Å². The van der Waals surface area contributed by atoms with Crippen molar-refractivity contribution < 1.29 is 23.5 Å². The highest BCUT2D eigenvalue weighted by molar-refractivity contribution is 7.19. The number of esters is 1. The van der Waals surface area contributed by atoms with Crippen molar-refractivity contribution in [3.63, 3.8) is 0 Å². The SMILES string of the molecule is Cc1ccccc1NC(=O)c1sc(NC(=O)c2ccco2)c(C(=O)OC(C)C)c1C. The lowest BCUT2D eigenvalue weighted by atomic mass is 10.1. The van der Waals surface area contributed by atoms with Crippen LogP contribution in [0.1, 0.15) is 55.6 Å². The fraction of sp³-hybridized carbons (Fsp3) is 0.227. The van der Waals surface area contributed by atoms with Gasteiger partial charge in [0.25, 0.3) is 11.8 Å². The maximum Gasteiger partial charge on any atom is 0.341 e. The number of aryl methyl sites for hydroxylation is 1. The zero-order chi connectivity index (χ0) is 21.8. The normalized spacial score (nSPS) is 10.7. The minimum atomic E-state index is -0.608. The van der Waals surface area contributed by atoms with E-state index >= 15 is 0 Å². The number of carbonyl (C=O) groups excluding carboxylic acids is 3. The van der Waals surface area contributed by atoms with Crippen molar-refractivity contribution in [1.29, 1.82) is 0 Å². The van der Waals surface area contributed by atoms with Gasteiger partial charge in [0.05, 0.1) is 22.8 Å². The lowest BCUT2D eigenvalue weighted by Gasteiger charge is -2.10. The quantitative estimate of drug-likeness (QED) is 0.539. The number of hydrogen-bond acceptors (Lipinski definition) is 6. The van der Waals surface area contributed by atoms with E-state index in [2.05, 4.69) is 10.6 Å². The first-order valence-electron chi connectivity index (χ1n) is 9.34. The van der Waals surface area contributed by atoms with Crippen LogP contribution in [0, 0.1) is 13.8 Å². The number of carbonyl (C=O) groups is 3. The summed E-state index contributed by atoms with van der Waals surface area (Å²) in [6, 6.07) is 10.5. The van der Waals surface area contributed by atoms with E-state index in [1.165, 1.54) is 12.3 Å². The molecular formula is C22H22N2O5S. The number of amides is 2. The number of para-hydroxylation sites is 1. The molecule has 0 aliphatic heterocycles. The summed E-state index contributed by atoms with van der Waals surface area (Å²) in [7, 11) is 0. The molecule has 0 unspecified atom stereocenters. The minimum Gasteiger partial charge on any atom is -0.459 e. The lowest BCUT2D eigenvalue weighted by Crippen LogP contribution is -2.17. The Balaban J connectivity index is 1.96. The Morgan fingerprint density at radius 3 is 2.37 bits per heavy atom. The highest BCUT2D eigenvalue weighted by Gasteiger charge is 2.28. The van der Waals surface area contributed by atoms with Crippen LogP contribution in [0.4, 0.5) is 10.7 Å². The lowest BCUT2D eigenvalue weighted by molar-refractivity contribution is 0.0379. The molecule has 7 nitrogen and oxygen atoms in total. The van der Waals surface area contributed by atoms with Gasteiger partial charge in [-0.05, 0) is 57.0 Å². The van der Waals surface area contributed by atoms with Crippen molar-refractivity contribution in [2.45, 2.75) is 33.8 Å². The Hall–Kier alpha value is -3.39. The molecule has 0 radical (unpaired) electrons. The van der Waals surface area contributed by atoms with Crippen molar-refractivity contribution in [2.24, 2.45) is 0 Å². The second-order valence-electron chi connectivity index (χ2n) is 6.91. The molecule has 156 valence electrons. The van der Waals surface area contributed by atoms with Gasteiger partial charge >= 0.3 is 5.97 Å². The third-order valence-corrected chi connectivity index (χ3v) is 5.47. The van der Waals surface area contributed by atoms with Gasteiger partial charge < -0.3 is 19.8 Å². The smallest absolute Gasteiger partial charge is 0.341 e. The van der Waals surface area contributed by atoms with Gasteiger partial charge in [-0.1, -0.05) is 18.2 Å². The molecule has 30 heavy (non-hydrogen) atoms. The summed E-state index contributed by atoms with van der Waals surface area (Å²) < 4.78 is 10.4. The molecule has 0 aliphatic rings. The summed E-state index contributed by atoms with van der Waals surface area (Å²) in [5, 5.41) is 5.75. The molecule has 2 N–H and O–H groups in total. The van der Waals surface area contributed by atoms with Crippen LogP contribution >= 0.6 is 11.3 Å². The molecule has 8 heteroatoms. The van der Waals surface area contributed by atoms with E-state index in [1.807, 2.05) is 25.1 Å². The van der Waals surface area contributed by atoms with Gasteiger partial charge in [-0.2, -0.15) is 0 Å². The molecule has 2 aromatic heterocycles. The number of benzene rings is 1. The molecule has 3 rings (SSSR count). The van der Waals surface area contributed by atoms with Crippen molar-refractivity contribution >= 4 is 39.8 Å². The van der Waals surface area contributed by atoms with Crippen LogP contribution in [-0.2, 0) is 4.74 Å². The molecule has 3 aromatic rings. The number of anilines is 2. The molecule has 0 atom stereocenters. The summed E-state index contributed by atoms with van der Waals surface area (Å²) >= 11 is 1.01. The van der Waals surface area contributed by atoms with E-state index < -0.39 is 11.9 Å². The molecule has 0 spiro atoms. The summed E-state index contributed by atoms with van der Waals surface area (Å²) in [4.78, 5) is 38.4. The second-order valence-corrected chi connectivity index (χ2v) is 7.94. The third-order valence-electron chi connectivity index (χ3n) is 4.27. The van der Waals surface area contributed by atoms with Gasteiger partial charge in [-0.3, -0.25) is 9.59 Å². The molecule has 0 aliphatic carbocycles. The predicted octanol–water partition coefficient (Wildman–Crippen LogP) is 5.03. The molecule has 2 heterocycles. The first-order chi connectivity index (χ1) is 14.3. The Labute approximate surface area is 178 Å². The Kier molecular flexibility index (Phi) is 6.37. The van der Waals surface area contributed by atoms with Crippen molar-refractivity contribution in [3.05, 3.63) is 70.0 Å². The molecular weight excluding hydrogens is 404 g/mol. The van der Waals surface area contributed by atoms with E-state index in [-0.39, 0.29) is 28.3 Å². The third kappa shape index (κ3) is 4.60. The maximum atomic E-state index is 12.9. The van der Waals surface area contributed by atoms with Crippen LogP contribution in [0.5, 0.6) is 0 Å². The predicted molar refractivity (Wildman–Crippen MR) is 115 cm³/mol. The van der Waals surface area contributed by atoms with E-state index in [4.69, 9.17) is 9.15 Å². The van der Waals surface area contributed by atoms with Gasteiger partial charge in [0, 0.05) is 5.69 Å². The minimum absolute atomic E-state index is 0.0927. The number of nitrogens with one attached hydrogen (secondary N) is 2. The van der Waals surface area contributed by atoms with Gasteiger partial charge in [-0.15, -0.1) is 11.3 Å². The van der Waals surface area contributed by atoms with E-state index in [0.29, 0.717) is 16.1 Å². The molecule has 1 aromatic carbocycles. The summed E-state index contributed by atoms with van der Waals surface area (Å²) in [6.07, 6.45) is 1.03.